The highest BCUT2D eigenvalue weighted by Crippen LogP contribution is 2.20. The number of carbonyl (C=O) groups excluding carboxylic acids is 2. The number of rotatable bonds is 5. The minimum atomic E-state index is -0.806. The van der Waals surface area contributed by atoms with Gasteiger partial charge in [-0.1, -0.05) is 6.58 Å². The lowest BCUT2D eigenvalue weighted by atomic mass is 10.1. The molecule has 1 rings (SSSR count). The molecule has 0 aromatic carbocycles. The van der Waals surface area contributed by atoms with E-state index in [1.807, 2.05) is 0 Å². The van der Waals surface area contributed by atoms with Crippen LogP contribution in [0.3, 0.4) is 0 Å². The average molecular weight is 243 g/mol. The molecule has 0 fully saturated rings. The quantitative estimate of drug-likeness (QED) is 0.317. The van der Waals surface area contributed by atoms with Gasteiger partial charge in [0.25, 0.3) is 0 Å². The SMILES string of the molecule is C=CC(=O)SOCCC1=NC(C)(C)C(=O)O1. The van der Waals surface area contributed by atoms with E-state index < -0.39 is 5.54 Å². The summed E-state index contributed by atoms with van der Waals surface area (Å²) >= 11 is 0.708. The summed E-state index contributed by atoms with van der Waals surface area (Å²) < 4.78 is 9.90. The van der Waals surface area contributed by atoms with Gasteiger partial charge in [-0.3, -0.25) is 4.79 Å². The Morgan fingerprint density at radius 1 is 1.69 bits per heavy atom. The number of nitrogens with zero attached hydrogens (tertiary/aromatic N) is 1. The third kappa shape index (κ3) is 3.46. The van der Waals surface area contributed by atoms with Crippen molar-refractivity contribution in [2.45, 2.75) is 25.8 Å². The Kier molecular flexibility index (Phi) is 4.26. The molecule has 0 amide bonds. The molecule has 1 aliphatic rings. The first-order valence-corrected chi connectivity index (χ1v) is 5.47. The highest BCUT2D eigenvalue weighted by atomic mass is 32.2. The molecule has 0 N–H and O–H groups in total. The average Bonchev–Trinajstić information content (AvgIpc) is 2.47. The number of ether oxygens (including phenoxy) is 1. The maximum Gasteiger partial charge on any atom is 0.340 e. The normalized spacial score (nSPS) is 17.9. The van der Waals surface area contributed by atoms with Crippen molar-refractivity contribution in [1.82, 2.24) is 0 Å². The van der Waals surface area contributed by atoms with E-state index in [0.717, 1.165) is 0 Å². The van der Waals surface area contributed by atoms with Crippen LogP contribution in [-0.2, 0) is 18.5 Å². The number of hydrogen-bond acceptors (Lipinski definition) is 6. The summed E-state index contributed by atoms with van der Waals surface area (Å²) in [5.74, 6) is -0.0148. The van der Waals surface area contributed by atoms with Crippen molar-refractivity contribution in [3.05, 3.63) is 12.7 Å². The Morgan fingerprint density at radius 2 is 2.38 bits per heavy atom. The lowest BCUT2D eigenvalue weighted by Gasteiger charge is -2.05. The van der Waals surface area contributed by atoms with E-state index in [2.05, 4.69) is 11.6 Å². The van der Waals surface area contributed by atoms with Crippen LogP contribution in [0.1, 0.15) is 20.3 Å². The second-order valence-electron chi connectivity index (χ2n) is 3.63. The Hall–Kier alpha value is -1.14. The minimum Gasteiger partial charge on any atom is -0.410 e. The highest BCUT2D eigenvalue weighted by molar-refractivity contribution is 8.10. The third-order valence-electron chi connectivity index (χ3n) is 1.82. The van der Waals surface area contributed by atoms with Gasteiger partial charge in [0, 0.05) is 6.42 Å². The van der Waals surface area contributed by atoms with E-state index in [1.165, 1.54) is 6.08 Å². The number of carbonyl (C=O) groups is 2. The van der Waals surface area contributed by atoms with E-state index in [0.29, 0.717) is 24.4 Å². The van der Waals surface area contributed by atoms with Crippen LogP contribution in [0.2, 0.25) is 0 Å². The lowest BCUT2D eigenvalue weighted by molar-refractivity contribution is -0.138. The Balaban J connectivity index is 2.28. The summed E-state index contributed by atoms with van der Waals surface area (Å²) in [7, 11) is 0. The smallest absolute Gasteiger partial charge is 0.340 e. The van der Waals surface area contributed by atoms with Crippen molar-refractivity contribution in [2.75, 3.05) is 6.61 Å². The molecular weight excluding hydrogens is 230 g/mol. The van der Waals surface area contributed by atoms with Crippen LogP contribution in [0.25, 0.3) is 0 Å². The molecule has 88 valence electrons. The topological polar surface area (TPSA) is 65.0 Å². The maximum atomic E-state index is 11.2. The third-order valence-corrected chi connectivity index (χ3v) is 2.44. The number of esters is 1. The molecule has 0 aliphatic carbocycles. The fourth-order valence-corrected chi connectivity index (χ4v) is 1.33. The summed E-state index contributed by atoms with van der Waals surface area (Å²) in [5, 5.41) is -0.259. The van der Waals surface area contributed by atoms with Crippen molar-refractivity contribution in [3.63, 3.8) is 0 Å². The first-order chi connectivity index (χ1) is 7.45. The molecule has 16 heavy (non-hydrogen) atoms. The molecule has 0 unspecified atom stereocenters. The molecule has 0 saturated carbocycles. The second kappa shape index (κ2) is 5.27. The van der Waals surface area contributed by atoms with Gasteiger partial charge in [0.1, 0.15) is 0 Å². The molecular formula is C10H13NO4S. The van der Waals surface area contributed by atoms with Gasteiger partial charge in [-0.15, -0.1) is 0 Å². The van der Waals surface area contributed by atoms with Crippen molar-refractivity contribution in [3.8, 4) is 0 Å². The van der Waals surface area contributed by atoms with Gasteiger partial charge < -0.3 is 8.92 Å². The molecule has 0 aromatic heterocycles. The molecule has 1 heterocycles. The molecule has 6 heteroatoms. The second-order valence-corrected chi connectivity index (χ2v) is 4.44. The van der Waals surface area contributed by atoms with Crippen LogP contribution in [-0.4, -0.2) is 29.1 Å². The van der Waals surface area contributed by atoms with Gasteiger partial charge >= 0.3 is 5.97 Å². The van der Waals surface area contributed by atoms with E-state index in [4.69, 9.17) is 8.92 Å². The maximum absolute atomic E-state index is 11.2. The molecule has 0 radical (unpaired) electrons. The van der Waals surface area contributed by atoms with Crippen molar-refractivity contribution in [1.29, 1.82) is 0 Å². The van der Waals surface area contributed by atoms with Crippen molar-refractivity contribution in [2.24, 2.45) is 4.99 Å². The fourth-order valence-electron chi connectivity index (χ4n) is 0.982. The van der Waals surface area contributed by atoms with Crippen LogP contribution < -0.4 is 0 Å². The Morgan fingerprint density at radius 3 is 2.88 bits per heavy atom. The van der Waals surface area contributed by atoms with Gasteiger partial charge in [0.15, 0.2) is 11.4 Å². The minimum absolute atomic E-state index is 0.256. The molecule has 5 nitrogen and oxygen atoms in total. The molecule has 0 aromatic rings. The standard InChI is InChI=1S/C10H13NO4S/c1-4-8(12)16-14-6-5-7-11-10(2,3)9(13)15-7/h4H,1,5-6H2,2-3H3. The predicted molar refractivity (Wildman–Crippen MR) is 61.0 cm³/mol. The van der Waals surface area contributed by atoms with Crippen LogP contribution in [0.5, 0.6) is 0 Å². The van der Waals surface area contributed by atoms with Crippen LogP contribution in [0.4, 0.5) is 0 Å². The van der Waals surface area contributed by atoms with Gasteiger partial charge in [-0.2, -0.15) is 0 Å². The first kappa shape index (κ1) is 12.9. The van der Waals surface area contributed by atoms with Crippen molar-refractivity contribution < 1.29 is 18.5 Å². The number of hydrogen-bond donors (Lipinski definition) is 0. The largest absolute Gasteiger partial charge is 0.410 e. The summed E-state index contributed by atoms with van der Waals surface area (Å²) in [6.07, 6.45) is 1.54. The van der Waals surface area contributed by atoms with Crippen LogP contribution in [0.15, 0.2) is 17.6 Å². The predicted octanol–water partition coefficient (Wildman–Crippen LogP) is 1.49. The zero-order chi connectivity index (χ0) is 12.2. The van der Waals surface area contributed by atoms with Crippen LogP contribution in [0, 0.1) is 0 Å². The zero-order valence-electron chi connectivity index (χ0n) is 9.19. The summed E-state index contributed by atoms with van der Waals surface area (Å²) in [6, 6.07) is 0. The monoisotopic (exact) mass is 243 g/mol. The molecule has 0 atom stereocenters. The number of cyclic esters (lactones) is 1. The van der Waals surface area contributed by atoms with E-state index in [1.54, 1.807) is 13.8 Å². The molecule has 1 aliphatic heterocycles. The van der Waals surface area contributed by atoms with Gasteiger partial charge in [0.05, 0.1) is 18.6 Å². The van der Waals surface area contributed by atoms with Crippen molar-refractivity contribution >= 4 is 29.0 Å². The Labute approximate surface area is 98.1 Å². The van der Waals surface area contributed by atoms with E-state index >= 15 is 0 Å². The van der Waals surface area contributed by atoms with Gasteiger partial charge in [-0.05, 0) is 19.9 Å². The molecule has 0 spiro atoms. The summed E-state index contributed by atoms with van der Waals surface area (Å²) in [6.45, 7) is 6.92. The van der Waals surface area contributed by atoms with E-state index in [-0.39, 0.29) is 17.7 Å². The zero-order valence-corrected chi connectivity index (χ0v) is 10.0. The van der Waals surface area contributed by atoms with E-state index in [9.17, 15) is 9.59 Å². The molecule has 0 bridgehead atoms. The lowest BCUT2D eigenvalue weighted by Crippen LogP contribution is -2.25. The highest BCUT2D eigenvalue weighted by Gasteiger charge is 2.36. The van der Waals surface area contributed by atoms with Gasteiger partial charge in [-0.25, -0.2) is 9.79 Å². The fraction of sp³-hybridized carbons (Fsp3) is 0.500. The Bertz CT molecular complexity index is 349. The number of aliphatic imine (C=N–C) groups is 1. The van der Waals surface area contributed by atoms with Crippen LogP contribution >= 0.6 is 12.0 Å². The first-order valence-electron chi connectivity index (χ1n) is 4.72. The molecule has 0 saturated heterocycles. The summed E-state index contributed by atoms with van der Waals surface area (Å²) in [4.78, 5) is 26.1. The summed E-state index contributed by atoms with van der Waals surface area (Å²) in [5.41, 5.74) is -0.806. The van der Waals surface area contributed by atoms with Gasteiger partial charge in [0.2, 0.25) is 5.12 Å².